The van der Waals surface area contributed by atoms with E-state index in [9.17, 15) is 5.11 Å². The Morgan fingerprint density at radius 2 is 1.95 bits per heavy atom. The molecule has 0 aliphatic carbocycles. The molecular weight excluding hydrogens is 238 g/mol. The van der Waals surface area contributed by atoms with Crippen molar-refractivity contribution >= 4 is 0 Å². The van der Waals surface area contributed by atoms with Crippen LogP contribution < -0.4 is 5.32 Å². The third-order valence-electron chi connectivity index (χ3n) is 3.53. The minimum absolute atomic E-state index is 0.452. The standard InChI is InChI=1S/C16H25NO2/c1-13(2)9-14-3-5-15(6-4-14)10-17-11-16(18)7-8-19-12-16/h3-6,13,17-18H,7-12H2,1-2H3. The lowest BCUT2D eigenvalue weighted by Gasteiger charge is -2.20. The lowest BCUT2D eigenvalue weighted by molar-refractivity contribution is 0.0268. The molecule has 19 heavy (non-hydrogen) atoms. The van der Waals surface area contributed by atoms with Crippen LogP contribution in [0.3, 0.4) is 0 Å². The van der Waals surface area contributed by atoms with Gasteiger partial charge >= 0.3 is 0 Å². The highest BCUT2D eigenvalue weighted by Gasteiger charge is 2.31. The zero-order chi connectivity index (χ0) is 13.7. The third-order valence-corrected chi connectivity index (χ3v) is 3.53. The van der Waals surface area contributed by atoms with Crippen LogP contribution in [0.4, 0.5) is 0 Å². The van der Waals surface area contributed by atoms with Gasteiger partial charge in [-0.3, -0.25) is 0 Å². The maximum absolute atomic E-state index is 10.1. The van der Waals surface area contributed by atoms with E-state index in [2.05, 4.69) is 43.4 Å². The first kappa shape index (κ1) is 14.5. The summed E-state index contributed by atoms with van der Waals surface area (Å²) in [4.78, 5) is 0. The van der Waals surface area contributed by atoms with Gasteiger partial charge in [-0.05, 0) is 23.5 Å². The largest absolute Gasteiger partial charge is 0.386 e. The zero-order valence-electron chi connectivity index (χ0n) is 12.0. The van der Waals surface area contributed by atoms with E-state index in [1.165, 1.54) is 11.1 Å². The molecule has 1 unspecified atom stereocenters. The molecule has 3 nitrogen and oxygen atoms in total. The van der Waals surface area contributed by atoms with Crippen molar-refractivity contribution in [3.05, 3.63) is 35.4 Å². The minimum Gasteiger partial charge on any atom is -0.386 e. The van der Waals surface area contributed by atoms with Crippen LogP contribution in [0.25, 0.3) is 0 Å². The third kappa shape index (κ3) is 4.60. The van der Waals surface area contributed by atoms with Crippen LogP contribution in [-0.4, -0.2) is 30.5 Å². The Labute approximate surface area is 116 Å². The van der Waals surface area contributed by atoms with Gasteiger partial charge in [0.05, 0.1) is 6.61 Å². The fourth-order valence-electron chi connectivity index (χ4n) is 2.44. The second kappa shape index (κ2) is 6.51. The van der Waals surface area contributed by atoms with Gasteiger partial charge in [-0.1, -0.05) is 38.1 Å². The Kier molecular flexibility index (Phi) is 4.97. The van der Waals surface area contributed by atoms with Crippen LogP contribution in [0.5, 0.6) is 0 Å². The van der Waals surface area contributed by atoms with Gasteiger partial charge in [-0.15, -0.1) is 0 Å². The summed E-state index contributed by atoms with van der Waals surface area (Å²) in [5.74, 6) is 0.695. The SMILES string of the molecule is CC(C)Cc1ccc(CNCC2(O)CCOC2)cc1. The summed E-state index contributed by atoms with van der Waals surface area (Å²) in [6.45, 7) is 6.99. The van der Waals surface area contributed by atoms with Crippen molar-refractivity contribution in [3.8, 4) is 0 Å². The molecule has 2 rings (SSSR count). The summed E-state index contributed by atoms with van der Waals surface area (Å²) in [7, 11) is 0. The van der Waals surface area contributed by atoms with Gasteiger partial charge < -0.3 is 15.2 Å². The number of hydrogen-bond donors (Lipinski definition) is 2. The van der Waals surface area contributed by atoms with Gasteiger partial charge in [0.1, 0.15) is 5.60 Å². The summed E-state index contributed by atoms with van der Waals surface area (Å²) in [6, 6.07) is 8.73. The van der Waals surface area contributed by atoms with Crippen LogP contribution in [0.1, 0.15) is 31.4 Å². The molecule has 0 aromatic heterocycles. The number of hydrogen-bond acceptors (Lipinski definition) is 3. The average Bonchev–Trinajstić information content (AvgIpc) is 2.78. The molecule has 106 valence electrons. The molecule has 3 heteroatoms. The highest BCUT2D eigenvalue weighted by Crippen LogP contribution is 2.17. The van der Waals surface area contributed by atoms with E-state index < -0.39 is 5.60 Å². The van der Waals surface area contributed by atoms with Gasteiger partial charge in [0.25, 0.3) is 0 Å². The summed E-state index contributed by atoms with van der Waals surface area (Å²) >= 11 is 0. The van der Waals surface area contributed by atoms with Crippen LogP contribution in [0.15, 0.2) is 24.3 Å². The van der Waals surface area contributed by atoms with Crippen LogP contribution in [0.2, 0.25) is 0 Å². The van der Waals surface area contributed by atoms with Crippen molar-refractivity contribution in [3.63, 3.8) is 0 Å². The second-order valence-corrected chi connectivity index (χ2v) is 6.04. The molecule has 1 aromatic carbocycles. The number of nitrogens with one attached hydrogen (secondary N) is 1. The summed E-state index contributed by atoms with van der Waals surface area (Å²) in [6.07, 6.45) is 1.86. The predicted molar refractivity (Wildman–Crippen MR) is 77.1 cm³/mol. The Morgan fingerprint density at radius 3 is 2.53 bits per heavy atom. The summed E-state index contributed by atoms with van der Waals surface area (Å²) in [5.41, 5.74) is 1.98. The molecule has 2 N–H and O–H groups in total. The van der Waals surface area contributed by atoms with E-state index in [0.717, 1.165) is 19.4 Å². The number of ether oxygens (including phenoxy) is 1. The van der Waals surface area contributed by atoms with E-state index in [0.29, 0.717) is 25.7 Å². The Bertz CT molecular complexity index is 380. The van der Waals surface area contributed by atoms with E-state index >= 15 is 0 Å². The van der Waals surface area contributed by atoms with E-state index in [-0.39, 0.29) is 0 Å². The van der Waals surface area contributed by atoms with Crippen molar-refractivity contribution in [2.45, 2.75) is 38.8 Å². The lowest BCUT2D eigenvalue weighted by Crippen LogP contribution is -2.40. The second-order valence-electron chi connectivity index (χ2n) is 6.04. The Balaban J connectivity index is 1.76. The molecule has 1 saturated heterocycles. The van der Waals surface area contributed by atoms with Gasteiger partial charge in [-0.25, -0.2) is 0 Å². The van der Waals surface area contributed by atoms with Crippen molar-refractivity contribution in [1.29, 1.82) is 0 Å². The van der Waals surface area contributed by atoms with Crippen LogP contribution in [-0.2, 0) is 17.7 Å². The van der Waals surface area contributed by atoms with Crippen molar-refractivity contribution < 1.29 is 9.84 Å². The molecule has 1 aliphatic rings. The lowest BCUT2D eigenvalue weighted by atomic mass is 10.0. The molecule has 0 spiro atoms. The first-order valence-electron chi connectivity index (χ1n) is 7.16. The first-order valence-corrected chi connectivity index (χ1v) is 7.16. The molecular formula is C16H25NO2. The molecule has 1 aliphatic heterocycles. The molecule has 0 bridgehead atoms. The molecule has 1 atom stereocenters. The fraction of sp³-hybridized carbons (Fsp3) is 0.625. The summed E-state index contributed by atoms with van der Waals surface area (Å²) < 4.78 is 5.23. The molecule has 1 aromatic rings. The molecule has 0 radical (unpaired) electrons. The summed E-state index contributed by atoms with van der Waals surface area (Å²) in [5, 5.41) is 13.4. The molecule has 1 fully saturated rings. The Hall–Kier alpha value is -0.900. The van der Waals surface area contributed by atoms with Gasteiger partial charge in [0.15, 0.2) is 0 Å². The quantitative estimate of drug-likeness (QED) is 0.826. The fourth-order valence-corrected chi connectivity index (χ4v) is 2.44. The predicted octanol–water partition coefficient (Wildman–Crippen LogP) is 2.13. The minimum atomic E-state index is -0.669. The molecule has 0 amide bonds. The number of aliphatic hydroxyl groups is 1. The highest BCUT2D eigenvalue weighted by molar-refractivity contribution is 5.22. The topological polar surface area (TPSA) is 41.5 Å². The monoisotopic (exact) mass is 263 g/mol. The number of rotatable bonds is 6. The average molecular weight is 263 g/mol. The van der Waals surface area contributed by atoms with Crippen LogP contribution >= 0.6 is 0 Å². The van der Waals surface area contributed by atoms with E-state index in [4.69, 9.17) is 4.74 Å². The smallest absolute Gasteiger partial charge is 0.102 e. The van der Waals surface area contributed by atoms with Gasteiger partial charge in [0.2, 0.25) is 0 Å². The van der Waals surface area contributed by atoms with Gasteiger partial charge in [-0.2, -0.15) is 0 Å². The van der Waals surface area contributed by atoms with E-state index in [1.54, 1.807) is 0 Å². The van der Waals surface area contributed by atoms with E-state index in [1.807, 2.05) is 0 Å². The van der Waals surface area contributed by atoms with Crippen molar-refractivity contribution in [2.24, 2.45) is 5.92 Å². The van der Waals surface area contributed by atoms with Crippen LogP contribution in [0, 0.1) is 5.92 Å². The van der Waals surface area contributed by atoms with Crippen molar-refractivity contribution in [2.75, 3.05) is 19.8 Å². The normalized spacial score (nSPS) is 23.2. The number of benzene rings is 1. The van der Waals surface area contributed by atoms with Gasteiger partial charge in [0, 0.05) is 26.1 Å². The molecule has 0 saturated carbocycles. The maximum atomic E-state index is 10.1. The molecule has 1 heterocycles. The van der Waals surface area contributed by atoms with Crippen molar-refractivity contribution in [1.82, 2.24) is 5.32 Å². The Morgan fingerprint density at radius 1 is 1.26 bits per heavy atom. The zero-order valence-corrected chi connectivity index (χ0v) is 12.0. The maximum Gasteiger partial charge on any atom is 0.102 e. The highest BCUT2D eigenvalue weighted by atomic mass is 16.5. The first-order chi connectivity index (χ1) is 9.07.